The number of likely N-dealkylation sites (tertiary alicyclic amines) is 1. The van der Waals surface area contributed by atoms with Crippen LogP contribution in [-0.2, 0) is 4.79 Å². The summed E-state index contributed by atoms with van der Waals surface area (Å²) in [6, 6.07) is 8.44. The summed E-state index contributed by atoms with van der Waals surface area (Å²) in [6.45, 7) is 0.975. The number of benzene rings is 1. The molecule has 1 aromatic rings. The second-order valence-electron chi connectivity index (χ2n) is 7.30. The molecule has 4 rings (SSSR count). The van der Waals surface area contributed by atoms with E-state index in [9.17, 15) is 4.79 Å². The predicted molar refractivity (Wildman–Crippen MR) is 96.0 cm³/mol. The van der Waals surface area contributed by atoms with Crippen LogP contribution in [0.3, 0.4) is 0 Å². The second kappa shape index (κ2) is 6.33. The molecule has 23 heavy (non-hydrogen) atoms. The SMILES string of the molecule is O=C(N1CCCC2CCCCC21)C1(Sc2ccc(Cl)cc2)CC1. The number of hydrogen-bond acceptors (Lipinski definition) is 2. The molecule has 1 amide bonds. The van der Waals surface area contributed by atoms with E-state index in [1.165, 1.54) is 38.5 Å². The summed E-state index contributed by atoms with van der Waals surface area (Å²) in [5.41, 5.74) is 0. The Kier molecular flexibility index (Phi) is 4.36. The average molecular weight is 350 g/mol. The van der Waals surface area contributed by atoms with Gasteiger partial charge in [-0.25, -0.2) is 0 Å². The lowest BCUT2D eigenvalue weighted by atomic mass is 9.78. The van der Waals surface area contributed by atoms with Crippen LogP contribution in [0.15, 0.2) is 29.2 Å². The minimum Gasteiger partial charge on any atom is -0.338 e. The van der Waals surface area contributed by atoms with Crippen molar-refractivity contribution in [1.29, 1.82) is 0 Å². The zero-order valence-corrected chi connectivity index (χ0v) is 15.0. The van der Waals surface area contributed by atoms with Crippen molar-refractivity contribution in [2.75, 3.05) is 6.54 Å². The van der Waals surface area contributed by atoms with Gasteiger partial charge in [0, 0.05) is 22.5 Å². The predicted octanol–water partition coefficient (Wildman–Crippen LogP) is 5.15. The van der Waals surface area contributed by atoms with Gasteiger partial charge < -0.3 is 4.90 Å². The van der Waals surface area contributed by atoms with Crippen molar-refractivity contribution >= 4 is 29.3 Å². The maximum absolute atomic E-state index is 13.3. The average Bonchev–Trinajstić information content (AvgIpc) is 3.37. The number of nitrogens with zero attached hydrogens (tertiary/aromatic N) is 1. The monoisotopic (exact) mass is 349 g/mol. The Morgan fingerprint density at radius 1 is 1.09 bits per heavy atom. The second-order valence-corrected chi connectivity index (χ2v) is 9.20. The highest BCUT2D eigenvalue weighted by molar-refractivity contribution is 8.01. The van der Waals surface area contributed by atoms with Gasteiger partial charge >= 0.3 is 0 Å². The van der Waals surface area contributed by atoms with E-state index in [1.54, 1.807) is 11.8 Å². The molecule has 0 spiro atoms. The number of thioether (sulfide) groups is 1. The zero-order valence-electron chi connectivity index (χ0n) is 13.5. The fourth-order valence-corrected chi connectivity index (χ4v) is 5.70. The molecule has 2 unspecified atom stereocenters. The van der Waals surface area contributed by atoms with E-state index < -0.39 is 0 Å². The Labute approximate surface area is 148 Å². The highest BCUT2D eigenvalue weighted by atomic mass is 35.5. The lowest BCUT2D eigenvalue weighted by Crippen LogP contribution is -2.52. The third-order valence-corrected chi connectivity index (χ3v) is 7.46. The van der Waals surface area contributed by atoms with E-state index >= 15 is 0 Å². The summed E-state index contributed by atoms with van der Waals surface area (Å²) in [4.78, 5) is 16.7. The van der Waals surface area contributed by atoms with Gasteiger partial charge in [0.1, 0.15) is 0 Å². The van der Waals surface area contributed by atoms with Crippen LogP contribution in [-0.4, -0.2) is 28.1 Å². The molecular weight excluding hydrogens is 326 g/mol. The van der Waals surface area contributed by atoms with E-state index in [1.807, 2.05) is 24.3 Å². The first kappa shape index (κ1) is 15.8. The van der Waals surface area contributed by atoms with Crippen LogP contribution < -0.4 is 0 Å². The minimum atomic E-state index is -0.187. The Hall–Kier alpha value is -0.670. The van der Waals surface area contributed by atoms with E-state index in [0.29, 0.717) is 11.9 Å². The number of carbonyl (C=O) groups excluding carboxylic acids is 1. The Balaban J connectivity index is 1.50. The maximum Gasteiger partial charge on any atom is 0.239 e. The van der Waals surface area contributed by atoms with Crippen molar-refractivity contribution in [3.8, 4) is 0 Å². The molecule has 4 heteroatoms. The molecule has 1 saturated heterocycles. The quantitative estimate of drug-likeness (QED) is 0.752. The lowest BCUT2D eigenvalue weighted by Gasteiger charge is -2.45. The zero-order chi connectivity index (χ0) is 15.9. The van der Waals surface area contributed by atoms with Crippen LogP contribution in [0.4, 0.5) is 0 Å². The van der Waals surface area contributed by atoms with Gasteiger partial charge in [-0.2, -0.15) is 0 Å². The number of halogens is 1. The van der Waals surface area contributed by atoms with Crippen LogP contribution in [0, 0.1) is 5.92 Å². The standard InChI is InChI=1S/C19H24ClNOS/c20-15-7-9-16(10-8-15)23-19(11-12-19)18(22)21-13-3-5-14-4-1-2-6-17(14)21/h7-10,14,17H,1-6,11-13H2. The summed E-state index contributed by atoms with van der Waals surface area (Å²) >= 11 is 7.73. The summed E-state index contributed by atoms with van der Waals surface area (Å²) in [5.74, 6) is 1.17. The number of fused-ring (bicyclic) bond motifs is 1. The van der Waals surface area contributed by atoms with Crippen molar-refractivity contribution < 1.29 is 4.79 Å². The highest BCUT2D eigenvalue weighted by Gasteiger charge is 2.54. The van der Waals surface area contributed by atoms with Crippen molar-refractivity contribution in [3.63, 3.8) is 0 Å². The Bertz CT molecular complexity index is 582. The van der Waals surface area contributed by atoms with Crippen LogP contribution in [0.1, 0.15) is 51.4 Å². The van der Waals surface area contributed by atoms with Crippen LogP contribution in [0.5, 0.6) is 0 Å². The molecule has 2 atom stereocenters. The largest absolute Gasteiger partial charge is 0.338 e. The van der Waals surface area contributed by atoms with Gasteiger partial charge in [0.15, 0.2) is 0 Å². The highest BCUT2D eigenvalue weighted by Crippen LogP contribution is 2.54. The maximum atomic E-state index is 13.3. The first-order valence-electron chi connectivity index (χ1n) is 8.94. The van der Waals surface area contributed by atoms with Crippen molar-refractivity contribution in [3.05, 3.63) is 29.3 Å². The number of piperidine rings is 1. The third-order valence-electron chi connectivity index (χ3n) is 5.72. The molecule has 1 heterocycles. The van der Waals surface area contributed by atoms with Crippen LogP contribution in [0.2, 0.25) is 5.02 Å². The Morgan fingerprint density at radius 3 is 2.52 bits per heavy atom. The minimum absolute atomic E-state index is 0.187. The van der Waals surface area contributed by atoms with E-state index in [-0.39, 0.29) is 4.75 Å². The number of rotatable bonds is 3. The molecular formula is C19H24ClNOS. The molecule has 2 aliphatic carbocycles. The first-order valence-corrected chi connectivity index (χ1v) is 10.1. The van der Waals surface area contributed by atoms with Crippen LogP contribution >= 0.6 is 23.4 Å². The summed E-state index contributed by atoms with van der Waals surface area (Å²) in [5, 5.41) is 0.756. The smallest absolute Gasteiger partial charge is 0.239 e. The molecule has 2 saturated carbocycles. The Morgan fingerprint density at radius 2 is 1.78 bits per heavy atom. The number of amides is 1. The van der Waals surface area contributed by atoms with Crippen molar-refractivity contribution in [2.45, 2.75) is 67.1 Å². The third kappa shape index (κ3) is 3.15. The fourth-order valence-electron chi connectivity index (χ4n) is 4.34. The molecule has 124 valence electrons. The van der Waals surface area contributed by atoms with Gasteiger partial charge in [-0.15, -0.1) is 11.8 Å². The number of hydrogen-bond donors (Lipinski definition) is 0. The van der Waals surface area contributed by atoms with Crippen molar-refractivity contribution in [1.82, 2.24) is 4.90 Å². The van der Waals surface area contributed by atoms with E-state index in [2.05, 4.69) is 4.90 Å². The molecule has 0 aromatic heterocycles. The van der Waals surface area contributed by atoms with Crippen molar-refractivity contribution in [2.24, 2.45) is 5.92 Å². The molecule has 0 N–H and O–H groups in total. The van der Waals surface area contributed by atoms with Gasteiger partial charge in [-0.3, -0.25) is 4.79 Å². The van der Waals surface area contributed by atoms with Crippen LogP contribution in [0.25, 0.3) is 0 Å². The fraction of sp³-hybridized carbons (Fsp3) is 0.632. The molecule has 2 nitrogen and oxygen atoms in total. The topological polar surface area (TPSA) is 20.3 Å². The molecule has 0 radical (unpaired) electrons. The molecule has 1 aliphatic heterocycles. The molecule has 0 bridgehead atoms. The van der Waals surface area contributed by atoms with Gasteiger partial charge in [0.05, 0.1) is 4.75 Å². The molecule has 1 aromatic carbocycles. The normalized spacial score (nSPS) is 29.0. The van der Waals surface area contributed by atoms with Gasteiger partial charge in [-0.1, -0.05) is 24.4 Å². The summed E-state index contributed by atoms with van der Waals surface area (Å²) in [7, 11) is 0. The number of carbonyl (C=O) groups is 1. The summed E-state index contributed by atoms with van der Waals surface area (Å²) in [6.07, 6.45) is 9.75. The first-order chi connectivity index (χ1) is 11.2. The lowest BCUT2D eigenvalue weighted by molar-refractivity contribution is -0.137. The molecule has 3 fully saturated rings. The van der Waals surface area contributed by atoms with Gasteiger partial charge in [0.2, 0.25) is 5.91 Å². The summed E-state index contributed by atoms with van der Waals surface area (Å²) < 4.78 is -0.187. The van der Waals surface area contributed by atoms with Gasteiger partial charge in [0.25, 0.3) is 0 Å². The van der Waals surface area contributed by atoms with E-state index in [4.69, 9.17) is 11.6 Å². The molecule has 3 aliphatic rings. The van der Waals surface area contributed by atoms with Gasteiger partial charge in [-0.05, 0) is 68.7 Å². The van der Waals surface area contributed by atoms with E-state index in [0.717, 1.165) is 35.2 Å².